The first-order valence-corrected chi connectivity index (χ1v) is 12.8. The minimum Gasteiger partial charge on any atom is -0.345 e. The third-order valence-electron chi connectivity index (χ3n) is 5.47. The predicted molar refractivity (Wildman–Crippen MR) is 133 cm³/mol. The Labute approximate surface area is 208 Å². The molecule has 4 nitrogen and oxygen atoms in total. The minimum absolute atomic E-state index is 0.00797. The van der Waals surface area contributed by atoms with Crippen LogP contribution in [0.25, 0.3) is 0 Å². The third-order valence-corrected chi connectivity index (χ3v) is 7.46. The van der Waals surface area contributed by atoms with Crippen LogP contribution in [0.3, 0.4) is 0 Å². The Balaban J connectivity index is 1.37. The number of halogens is 3. The van der Waals surface area contributed by atoms with Gasteiger partial charge in [0.2, 0.25) is 0 Å². The van der Waals surface area contributed by atoms with E-state index in [0.717, 1.165) is 24.2 Å². The molecule has 0 amide bonds. The second kappa shape index (κ2) is 10.8. The first-order chi connectivity index (χ1) is 15.4. The fourth-order valence-corrected chi connectivity index (χ4v) is 5.91. The van der Waals surface area contributed by atoms with Crippen molar-refractivity contribution in [2.75, 3.05) is 12.4 Å². The number of thioether (sulfide) groups is 1. The van der Waals surface area contributed by atoms with Gasteiger partial charge in [-0.15, -0.1) is 0 Å². The molecule has 32 heavy (non-hydrogen) atoms. The zero-order valence-electron chi connectivity index (χ0n) is 17.8. The highest BCUT2D eigenvalue weighted by Gasteiger charge is 2.41. The molecule has 0 radical (unpaired) electrons. The molecule has 1 saturated heterocycles. The molecule has 3 aromatic rings. The summed E-state index contributed by atoms with van der Waals surface area (Å²) in [6.07, 6.45) is 7.15. The number of aromatic nitrogens is 2. The molecule has 1 aliphatic rings. The van der Waals surface area contributed by atoms with Gasteiger partial charge in [0.25, 0.3) is 0 Å². The first kappa shape index (κ1) is 23.9. The molecule has 0 spiro atoms. The van der Waals surface area contributed by atoms with E-state index in [2.05, 4.69) is 36.2 Å². The number of hydrogen-bond acceptors (Lipinski definition) is 4. The van der Waals surface area contributed by atoms with E-state index in [0.29, 0.717) is 34.0 Å². The van der Waals surface area contributed by atoms with E-state index in [1.807, 2.05) is 10.8 Å². The van der Waals surface area contributed by atoms with Crippen LogP contribution in [0.5, 0.6) is 0 Å². The molecule has 0 aliphatic carbocycles. The van der Waals surface area contributed by atoms with Gasteiger partial charge in [0, 0.05) is 45.4 Å². The van der Waals surface area contributed by atoms with Crippen LogP contribution in [0.15, 0.2) is 55.1 Å². The average Bonchev–Trinajstić information content (AvgIpc) is 3.40. The standard InChI is InChI=1S/C24H25Cl3N2O2S/c1-17-2-4-18(5-3-17)6-7-24(15-29-9-8-28-16-29)30-12-20(31-24)13-32-14-21-22(26)10-19(25)11-23(21)27/h2-5,8-11,16,20H,6-7,12-15H2,1H3. The highest BCUT2D eigenvalue weighted by molar-refractivity contribution is 7.98. The molecule has 170 valence electrons. The molecule has 2 aromatic carbocycles. The second-order valence-electron chi connectivity index (χ2n) is 8.05. The van der Waals surface area contributed by atoms with Gasteiger partial charge in [-0.1, -0.05) is 64.6 Å². The Morgan fingerprint density at radius 2 is 1.91 bits per heavy atom. The average molecular weight is 512 g/mol. The lowest BCUT2D eigenvalue weighted by molar-refractivity contribution is -0.180. The van der Waals surface area contributed by atoms with E-state index >= 15 is 0 Å². The van der Waals surface area contributed by atoms with Crippen molar-refractivity contribution in [3.05, 3.63) is 86.9 Å². The van der Waals surface area contributed by atoms with Crippen molar-refractivity contribution >= 4 is 46.6 Å². The van der Waals surface area contributed by atoms with E-state index in [1.165, 1.54) is 11.1 Å². The van der Waals surface area contributed by atoms with Gasteiger partial charge in [0.05, 0.1) is 25.6 Å². The fraction of sp³-hybridized carbons (Fsp3) is 0.375. The summed E-state index contributed by atoms with van der Waals surface area (Å²) in [6, 6.07) is 12.1. The number of benzene rings is 2. The highest BCUT2D eigenvalue weighted by Crippen LogP contribution is 2.35. The number of nitrogens with zero attached hydrogens (tertiary/aromatic N) is 2. The van der Waals surface area contributed by atoms with Crippen LogP contribution < -0.4 is 0 Å². The summed E-state index contributed by atoms with van der Waals surface area (Å²) in [5, 5.41) is 1.72. The molecule has 2 heterocycles. The normalized spacial score (nSPS) is 20.7. The molecule has 2 atom stereocenters. The molecular weight excluding hydrogens is 487 g/mol. The van der Waals surface area contributed by atoms with E-state index in [9.17, 15) is 0 Å². The van der Waals surface area contributed by atoms with E-state index in [-0.39, 0.29) is 6.10 Å². The Hall–Kier alpha value is -1.21. The molecule has 1 fully saturated rings. The lowest BCUT2D eigenvalue weighted by atomic mass is 10.0. The smallest absolute Gasteiger partial charge is 0.187 e. The molecule has 0 bridgehead atoms. The van der Waals surface area contributed by atoms with Gasteiger partial charge in [-0.05, 0) is 36.6 Å². The molecule has 4 rings (SSSR count). The summed E-state index contributed by atoms with van der Waals surface area (Å²) >= 11 is 20.4. The van der Waals surface area contributed by atoms with Crippen molar-refractivity contribution in [3.63, 3.8) is 0 Å². The summed E-state index contributed by atoms with van der Waals surface area (Å²) in [5.41, 5.74) is 3.43. The molecular formula is C24H25Cl3N2O2S. The maximum atomic E-state index is 6.51. The summed E-state index contributed by atoms with van der Waals surface area (Å²) in [5.74, 6) is 0.796. The Kier molecular flexibility index (Phi) is 8.09. The largest absolute Gasteiger partial charge is 0.345 e. The van der Waals surface area contributed by atoms with Crippen LogP contribution in [0.1, 0.15) is 23.1 Å². The Morgan fingerprint density at radius 1 is 1.16 bits per heavy atom. The number of imidazole rings is 1. The highest BCUT2D eigenvalue weighted by atomic mass is 35.5. The van der Waals surface area contributed by atoms with Crippen LogP contribution in [0.2, 0.25) is 15.1 Å². The summed E-state index contributed by atoms with van der Waals surface area (Å²) in [7, 11) is 0. The molecule has 0 N–H and O–H groups in total. The number of aryl methyl sites for hydroxylation is 2. The summed E-state index contributed by atoms with van der Waals surface area (Å²) < 4.78 is 14.8. The van der Waals surface area contributed by atoms with Gasteiger partial charge >= 0.3 is 0 Å². The van der Waals surface area contributed by atoms with Gasteiger partial charge in [-0.2, -0.15) is 11.8 Å². The van der Waals surface area contributed by atoms with Crippen molar-refractivity contribution in [1.29, 1.82) is 0 Å². The molecule has 1 aliphatic heterocycles. The van der Waals surface area contributed by atoms with Crippen LogP contribution in [0, 0.1) is 6.92 Å². The van der Waals surface area contributed by atoms with Crippen molar-refractivity contribution < 1.29 is 9.47 Å². The number of hydrogen-bond donors (Lipinski definition) is 0. The monoisotopic (exact) mass is 510 g/mol. The van der Waals surface area contributed by atoms with Crippen LogP contribution in [-0.2, 0) is 28.2 Å². The number of rotatable bonds is 9. The summed E-state index contributed by atoms with van der Waals surface area (Å²) in [6.45, 7) is 3.26. The van der Waals surface area contributed by atoms with Crippen molar-refractivity contribution in [2.45, 2.75) is 44.0 Å². The lowest BCUT2D eigenvalue weighted by Gasteiger charge is -2.28. The van der Waals surface area contributed by atoms with Gasteiger partial charge in [0.1, 0.15) is 0 Å². The van der Waals surface area contributed by atoms with Gasteiger partial charge in [-0.25, -0.2) is 4.98 Å². The molecule has 8 heteroatoms. The van der Waals surface area contributed by atoms with Crippen molar-refractivity contribution in [1.82, 2.24) is 9.55 Å². The van der Waals surface area contributed by atoms with E-state index < -0.39 is 5.79 Å². The maximum Gasteiger partial charge on any atom is 0.187 e. The van der Waals surface area contributed by atoms with Gasteiger partial charge < -0.3 is 14.0 Å². The quantitative estimate of drug-likeness (QED) is 0.315. The van der Waals surface area contributed by atoms with Crippen LogP contribution in [0.4, 0.5) is 0 Å². The third kappa shape index (κ3) is 6.22. The molecule has 1 aromatic heterocycles. The first-order valence-electron chi connectivity index (χ1n) is 10.5. The predicted octanol–water partition coefficient (Wildman–Crippen LogP) is 6.83. The van der Waals surface area contributed by atoms with Gasteiger partial charge in [-0.3, -0.25) is 0 Å². The lowest BCUT2D eigenvalue weighted by Crippen LogP contribution is -2.37. The topological polar surface area (TPSA) is 36.3 Å². The van der Waals surface area contributed by atoms with Crippen molar-refractivity contribution in [2.24, 2.45) is 0 Å². The van der Waals surface area contributed by atoms with Crippen LogP contribution in [-0.4, -0.2) is 33.8 Å². The maximum absolute atomic E-state index is 6.51. The summed E-state index contributed by atoms with van der Waals surface area (Å²) in [4.78, 5) is 4.16. The van der Waals surface area contributed by atoms with E-state index in [4.69, 9.17) is 44.3 Å². The molecule has 2 unspecified atom stereocenters. The van der Waals surface area contributed by atoms with Gasteiger partial charge in [0.15, 0.2) is 5.79 Å². The Bertz CT molecular complexity index is 1010. The van der Waals surface area contributed by atoms with Crippen molar-refractivity contribution in [3.8, 4) is 0 Å². The minimum atomic E-state index is -0.674. The zero-order chi connectivity index (χ0) is 22.6. The zero-order valence-corrected chi connectivity index (χ0v) is 20.9. The number of ether oxygens (including phenoxy) is 2. The fourth-order valence-electron chi connectivity index (χ4n) is 3.74. The Morgan fingerprint density at radius 3 is 2.59 bits per heavy atom. The van der Waals surface area contributed by atoms with E-state index in [1.54, 1.807) is 36.4 Å². The van der Waals surface area contributed by atoms with Crippen LogP contribution >= 0.6 is 46.6 Å². The molecule has 0 saturated carbocycles. The second-order valence-corrected chi connectivity index (χ2v) is 10.3. The SMILES string of the molecule is Cc1ccc(CCC2(Cn3ccnc3)OCC(CSCc3c(Cl)cc(Cl)cc3Cl)O2)cc1.